The van der Waals surface area contributed by atoms with Gasteiger partial charge in [-0.1, -0.05) is 24.3 Å². The average molecular weight is 307 g/mol. The number of hydrogen-bond donors (Lipinski definition) is 2. The van der Waals surface area contributed by atoms with E-state index in [1.807, 2.05) is 45.0 Å². The Bertz CT molecular complexity index is 524. The van der Waals surface area contributed by atoms with Gasteiger partial charge in [-0.15, -0.1) is 0 Å². The summed E-state index contributed by atoms with van der Waals surface area (Å²) >= 11 is 0. The third-order valence-corrected chi connectivity index (χ3v) is 2.80. The first-order valence-corrected chi connectivity index (χ1v) is 7.19. The Morgan fingerprint density at radius 3 is 2.45 bits per heavy atom. The second-order valence-corrected chi connectivity index (χ2v) is 6.09. The number of carbonyl (C=O) groups excluding carboxylic acids is 2. The van der Waals surface area contributed by atoms with Gasteiger partial charge in [0, 0.05) is 27.2 Å². The van der Waals surface area contributed by atoms with E-state index in [9.17, 15) is 9.59 Å². The fourth-order valence-electron chi connectivity index (χ4n) is 1.79. The number of urea groups is 1. The first-order valence-electron chi connectivity index (χ1n) is 7.19. The van der Waals surface area contributed by atoms with Crippen LogP contribution in [-0.2, 0) is 17.8 Å². The van der Waals surface area contributed by atoms with Crippen LogP contribution in [0.5, 0.6) is 0 Å². The number of benzene rings is 1. The molecule has 0 aromatic heterocycles. The van der Waals surface area contributed by atoms with E-state index < -0.39 is 5.60 Å². The molecule has 1 rings (SSSR count). The van der Waals surface area contributed by atoms with E-state index in [4.69, 9.17) is 4.74 Å². The molecule has 0 spiro atoms. The number of hydrogen-bond acceptors (Lipinski definition) is 3. The van der Waals surface area contributed by atoms with E-state index >= 15 is 0 Å². The van der Waals surface area contributed by atoms with Crippen LogP contribution in [0.4, 0.5) is 9.59 Å². The Labute approximate surface area is 131 Å². The molecule has 0 aliphatic rings. The molecule has 3 amide bonds. The maximum Gasteiger partial charge on any atom is 0.410 e. The third-order valence-electron chi connectivity index (χ3n) is 2.80. The van der Waals surface area contributed by atoms with Crippen LogP contribution in [0.2, 0.25) is 0 Å². The highest BCUT2D eigenvalue weighted by atomic mass is 16.6. The summed E-state index contributed by atoms with van der Waals surface area (Å²) in [6.07, 6.45) is -0.360. The van der Waals surface area contributed by atoms with Gasteiger partial charge in [0.05, 0.1) is 0 Å². The summed E-state index contributed by atoms with van der Waals surface area (Å²) in [6.45, 7) is 6.39. The molecule has 0 aliphatic carbocycles. The molecular weight excluding hydrogens is 282 g/mol. The van der Waals surface area contributed by atoms with Gasteiger partial charge in [0.1, 0.15) is 5.60 Å². The van der Waals surface area contributed by atoms with Crippen molar-refractivity contribution >= 4 is 12.1 Å². The molecule has 6 heteroatoms. The molecular formula is C16H25N3O3. The Hall–Kier alpha value is -2.24. The van der Waals surface area contributed by atoms with Crippen LogP contribution in [0.25, 0.3) is 0 Å². The molecule has 0 saturated heterocycles. The Morgan fingerprint density at radius 1 is 1.23 bits per heavy atom. The van der Waals surface area contributed by atoms with Crippen molar-refractivity contribution in [3.05, 3.63) is 35.4 Å². The molecule has 0 bridgehead atoms. The molecule has 1 aromatic carbocycles. The maximum atomic E-state index is 11.9. The molecule has 0 unspecified atom stereocenters. The summed E-state index contributed by atoms with van der Waals surface area (Å²) in [6, 6.07) is 7.49. The number of rotatable bonds is 4. The van der Waals surface area contributed by atoms with Crippen molar-refractivity contribution in [1.29, 1.82) is 0 Å². The number of nitrogens with one attached hydrogen (secondary N) is 2. The highest BCUT2D eigenvalue weighted by Gasteiger charge is 2.19. The van der Waals surface area contributed by atoms with Gasteiger partial charge in [-0.2, -0.15) is 0 Å². The molecule has 0 atom stereocenters. The fourth-order valence-corrected chi connectivity index (χ4v) is 1.79. The van der Waals surface area contributed by atoms with Crippen molar-refractivity contribution in [2.24, 2.45) is 0 Å². The molecule has 0 aliphatic heterocycles. The second kappa shape index (κ2) is 7.68. The molecule has 0 radical (unpaired) electrons. The van der Waals surface area contributed by atoms with E-state index in [2.05, 4.69) is 10.6 Å². The minimum Gasteiger partial charge on any atom is -0.444 e. The van der Waals surface area contributed by atoms with E-state index in [0.29, 0.717) is 13.1 Å². The lowest BCUT2D eigenvalue weighted by atomic mass is 10.1. The molecule has 6 nitrogen and oxygen atoms in total. The summed E-state index contributed by atoms with van der Waals surface area (Å²) in [5.41, 5.74) is 1.44. The highest BCUT2D eigenvalue weighted by molar-refractivity contribution is 5.73. The predicted octanol–water partition coefficient (Wildman–Crippen LogP) is 2.48. The van der Waals surface area contributed by atoms with Crippen LogP contribution in [0.3, 0.4) is 0 Å². The molecule has 122 valence electrons. The summed E-state index contributed by atoms with van der Waals surface area (Å²) in [4.78, 5) is 24.6. The lowest BCUT2D eigenvalue weighted by molar-refractivity contribution is 0.0285. The first kappa shape index (κ1) is 17.8. The first-order chi connectivity index (χ1) is 10.2. The zero-order valence-electron chi connectivity index (χ0n) is 13.9. The van der Waals surface area contributed by atoms with Gasteiger partial charge in [-0.3, -0.25) is 0 Å². The Balaban J connectivity index is 2.62. The van der Waals surface area contributed by atoms with Crippen molar-refractivity contribution in [2.45, 2.75) is 39.5 Å². The topological polar surface area (TPSA) is 70.7 Å². The summed E-state index contributed by atoms with van der Waals surface area (Å²) < 4.78 is 5.32. The average Bonchev–Trinajstić information content (AvgIpc) is 2.43. The summed E-state index contributed by atoms with van der Waals surface area (Å²) in [5, 5.41) is 5.23. The van der Waals surface area contributed by atoms with E-state index in [1.54, 1.807) is 14.1 Å². The van der Waals surface area contributed by atoms with Crippen LogP contribution >= 0.6 is 0 Å². The van der Waals surface area contributed by atoms with Gasteiger partial charge >= 0.3 is 12.1 Å². The second-order valence-electron chi connectivity index (χ2n) is 6.09. The number of nitrogens with zero attached hydrogens (tertiary/aromatic N) is 1. The van der Waals surface area contributed by atoms with Crippen molar-refractivity contribution in [3.63, 3.8) is 0 Å². The van der Waals surface area contributed by atoms with Gasteiger partial charge in [0.25, 0.3) is 0 Å². The van der Waals surface area contributed by atoms with Gasteiger partial charge < -0.3 is 20.3 Å². The summed E-state index contributed by atoms with van der Waals surface area (Å²) in [7, 11) is 3.27. The molecule has 22 heavy (non-hydrogen) atoms. The fraction of sp³-hybridized carbons (Fsp3) is 0.500. The van der Waals surface area contributed by atoms with E-state index in [-0.39, 0.29) is 12.1 Å². The number of amides is 3. The molecule has 2 N–H and O–H groups in total. The Kier molecular flexibility index (Phi) is 6.22. The lowest BCUT2D eigenvalue weighted by Gasteiger charge is -2.24. The Morgan fingerprint density at radius 2 is 1.86 bits per heavy atom. The monoisotopic (exact) mass is 307 g/mol. The minimum atomic E-state index is -0.509. The van der Waals surface area contributed by atoms with E-state index in [1.165, 1.54) is 4.90 Å². The molecule has 0 saturated carbocycles. The van der Waals surface area contributed by atoms with Gasteiger partial charge in [-0.25, -0.2) is 9.59 Å². The largest absolute Gasteiger partial charge is 0.444 e. The van der Waals surface area contributed by atoms with Crippen molar-refractivity contribution in [1.82, 2.24) is 15.5 Å². The van der Waals surface area contributed by atoms with E-state index in [0.717, 1.165) is 11.1 Å². The number of carbonyl (C=O) groups is 2. The van der Waals surface area contributed by atoms with Crippen molar-refractivity contribution in [2.75, 3.05) is 14.1 Å². The molecule has 0 heterocycles. The number of ether oxygens (including phenoxy) is 1. The SMILES string of the molecule is CNC(=O)NCc1cccc(CN(C)C(=O)OC(C)(C)C)c1. The normalized spacial score (nSPS) is 10.8. The van der Waals surface area contributed by atoms with Gasteiger partial charge in [0.2, 0.25) is 0 Å². The van der Waals surface area contributed by atoms with Crippen LogP contribution in [-0.4, -0.2) is 36.7 Å². The van der Waals surface area contributed by atoms with Crippen LogP contribution < -0.4 is 10.6 Å². The summed E-state index contributed by atoms with van der Waals surface area (Å²) in [5.74, 6) is 0. The van der Waals surface area contributed by atoms with Crippen molar-refractivity contribution < 1.29 is 14.3 Å². The lowest BCUT2D eigenvalue weighted by Crippen LogP contribution is -2.34. The standard InChI is InChI=1S/C16H25N3O3/c1-16(2,3)22-15(21)19(5)11-13-8-6-7-12(9-13)10-18-14(20)17-4/h6-9H,10-11H2,1-5H3,(H2,17,18,20). The van der Waals surface area contributed by atoms with Crippen LogP contribution in [0.15, 0.2) is 24.3 Å². The van der Waals surface area contributed by atoms with Gasteiger partial charge in [0.15, 0.2) is 0 Å². The smallest absolute Gasteiger partial charge is 0.410 e. The van der Waals surface area contributed by atoms with Gasteiger partial charge in [-0.05, 0) is 31.9 Å². The predicted molar refractivity (Wildman–Crippen MR) is 85.4 cm³/mol. The minimum absolute atomic E-state index is 0.226. The van der Waals surface area contributed by atoms with Crippen molar-refractivity contribution in [3.8, 4) is 0 Å². The zero-order chi connectivity index (χ0) is 16.8. The zero-order valence-corrected chi connectivity index (χ0v) is 13.9. The third kappa shape index (κ3) is 6.47. The molecule has 0 fully saturated rings. The maximum absolute atomic E-state index is 11.9. The van der Waals surface area contributed by atoms with Crippen LogP contribution in [0.1, 0.15) is 31.9 Å². The molecule has 1 aromatic rings. The highest BCUT2D eigenvalue weighted by Crippen LogP contribution is 2.12. The quantitative estimate of drug-likeness (QED) is 0.897. The van der Waals surface area contributed by atoms with Crippen LogP contribution in [0, 0.1) is 0 Å².